The minimum Gasteiger partial charge on any atom is -0.478 e. The smallest absolute Gasteiger partial charge is 0.338 e. The number of nitrogens with zero attached hydrogens (tertiary/aromatic N) is 6. The lowest BCUT2D eigenvalue weighted by molar-refractivity contribution is 0.0696. The zero-order chi connectivity index (χ0) is 34.2. The molecular weight excluding hydrogens is 686 g/mol. The molecular formula is C36H38BrN9O3. The van der Waals surface area contributed by atoms with Crippen LogP contribution in [0.4, 0.5) is 11.4 Å². The number of benzene rings is 2. The van der Waals surface area contributed by atoms with E-state index in [0.717, 1.165) is 58.4 Å². The van der Waals surface area contributed by atoms with Crippen LogP contribution in [0.15, 0.2) is 102 Å². The Kier molecular flexibility index (Phi) is 10.8. The number of piperidine rings is 1. The molecule has 0 aliphatic carbocycles. The highest BCUT2D eigenvalue weighted by Crippen LogP contribution is 2.39. The highest BCUT2D eigenvalue weighted by atomic mass is 79.9. The lowest BCUT2D eigenvalue weighted by Crippen LogP contribution is -2.45. The Labute approximate surface area is 292 Å². The van der Waals surface area contributed by atoms with Crippen LogP contribution in [-0.2, 0) is 13.1 Å². The van der Waals surface area contributed by atoms with Crippen molar-refractivity contribution in [1.29, 1.82) is 0 Å². The Morgan fingerprint density at radius 2 is 1.57 bits per heavy atom. The fourth-order valence-electron chi connectivity index (χ4n) is 5.96. The number of carboxylic acid groups (broad SMARTS) is 1. The molecule has 0 bridgehead atoms. The second-order valence-electron chi connectivity index (χ2n) is 11.8. The zero-order valence-electron chi connectivity index (χ0n) is 27.1. The molecule has 1 aliphatic rings. The van der Waals surface area contributed by atoms with Crippen LogP contribution in [0, 0.1) is 0 Å². The number of halogens is 1. The van der Waals surface area contributed by atoms with Crippen molar-refractivity contribution in [2.45, 2.75) is 38.9 Å². The average Bonchev–Trinajstić information content (AvgIpc) is 3.87. The lowest BCUT2D eigenvalue weighted by atomic mass is 10.0. The Bertz CT molecular complexity index is 2000. The molecule has 0 spiro atoms. The number of carboxylic acids is 1. The van der Waals surface area contributed by atoms with Crippen LogP contribution in [0.1, 0.15) is 51.6 Å². The first-order chi connectivity index (χ1) is 23.9. The van der Waals surface area contributed by atoms with Gasteiger partial charge < -0.3 is 25.6 Å². The predicted octanol–water partition coefficient (Wildman–Crippen LogP) is 6.03. The Morgan fingerprint density at radius 3 is 2.18 bits per heavy atom. The van der Waals surface area contributed by atoms with Crippen molar-refractivity contribution in [3.8, 4) is 0 Å². The van der Waals surface area contributed by atoms with Crippen molar-refractivity contribution in [3.05, 3.63) is 125 Å². The molecule has 1 atom stereocenters. The second-order valence-corrected chi connectivity index (χ2v) is 12.7. The van der Waals surface area contributed by atoms with E-state index in [9.17, 15) is 9.59 Å². The Hall–Kier alpha value is -5.27. The third kappa shape index (κ3) is 8.42. The van der Waals surface area contributed by atoms with Gasteiger partial charge in [-0.05, 0) is 46.4 Å². The van der Waals surface area contributed by atoms with E-state index in [0.29, 0.717) is 30.4 Å². The molecule has 1 fully saturated rings. The molecule has 2 aromatic carbocycles. The molecule has 1 amide bonds. The van der Waals surface area contributed by atoms with Gasteiger partial charge in [-0.1, -0.05) is 67.6 Å². The third-order valence-corrected chi connectivity index (χ3v) is 8.84. The zero-order valence-corrected chi connectivity index (χ0v) is 28.7. The summed E-state index contributed by atoms with van der Waals surface area (Å²) in [5, 5.41) is 24.6. The second kappa shape index (κ2) is 15.8. The summed E-state index contributed by atoms with van der Waals surface area (Å²) in [7, 11) is 0. The third-order valence-electron chi connectivity index (χ3n) is 8.26. The molecule has 0 unspecified atom stereocenters. The summed E-state index contributed by atoms with van der Waals surface area (Å²) in [6.45, 7) is 6.18. The fraction of sp³-hybridized carbons (Fsp3) is 0.250. The molecule has 13 heteroatoms. The number of likely N-dealkylation sites (N-methyl/N-ethyl adjacent to an activating group) is 1. The lowest BCUT2D eigenvalue weighted by Gasteiger charge is -2.35. The topological polar surface area (TPSA) is 146 Å². The Morgan fingerprint density at radius 1 is 0.939 bits per heavy atom. The van der Waals surface area contributed by atoms with E-state index < -0.39 is 5.97 Å². The van der Waals surface area contributed by atoms with Crippen molar-refractivity contribution in [3.63, 3.8) is 0 Å². The number of fused-ring (bicyclic) bond motifs is 1. The summed E-state index contributed by atoms with van der Waals surface area (Å²) in [4.78, 5) is 33.8. The van der Waals surface area contributed by atoms with Gasteiger partial charge in [0.2, 0.25) is 0 Å². The maximum Gasteiger partial charge on any atom is 0.338 e. The summed E-state index contributed by atoms with van der Waals surface area (Å²) >= 11 is 3.71. The summed E-state index contributed by atoms with van der Waals surface area (Å²) < 4.78 is 4.30. The first kappa shape index (κ1) is 33.6. The normalized spacial score (nSPS) is 14.3. The number of carbonyl (C=O) groups is 2. The monoisotopic (exact) mass is 723 g/mol. The number of aromatic nitrogens is 6. The first-order valence-electron chi connectivity index (χ1n) is 16.2. The van der Waals surface area contributed by atoms with Crippen LogP contribution in [-0.4, -0.2) is 72.2 Å². The molecule has 1 aliphatic heterocycles. The number of aromatic carboxylic acids is 1. The highest BCUT2D eigenvalue weighted by Gasteiger charge is 2.25. The minimum absolute atomic E-state index is 0.199. The highest BCUT2D eigenvalue weighted by molar-refractivity contribution is 9.10. The quantitative estimate of drug-likeness (QED) is 0.134. The molecule has 1 saturated heterocycles. The number of H-pyrrole nitrogens is 1. The number of hydrogen-bond donors (Lipinski definition) is 4. The molecule has 4 N–H and O–H groups in total. The van der Waals surface area contributed by atoms with Gasteiger partial charge in [0.1, 0.15) is 5.65 Å². The van der Waals surface area contributed by atoms with E-state index in [1.165, 1.54) is 18.8 Å². The van der Waals surface area contributed by atoms with Crippen LogP contribution in [0.3, 0.4) is 0 Å². The van der Waals surface area contributed by atoms with E-state index in [1.54, 1.807) is 21.8 Å². The van der Waals surface area contributed by atoms with Crippen LogP contribution in [0.5, 0.6) is 0 Å². The van der Waals surface area contributed by atoms with Gasteiger partial charge in [-0.3, -0.25) is 14.2 Å². The van der Waals surface area contributed by atoms with Gasteiger partial charge in [0, 0.05) is 43.9 Å². The standard InChI is InChI=1S/C25H28BrN7O.C11H10N2O2/c1-2-27-19-9-6-10-32(16-19)23-20(26)12-28-24-22(23)21(13-29-24)31-25(34)18-11-30-33(15-18)14-17-7-4-3-5-8-17;14-11(15)10-6-12-13(8-10)7-9-4-2-1-3-5-9/h3-5,7-8,11-13,15,19,27H,2,6,9-10,14,16H2,1H3,(H,28,29)(H,31,34);1-6,8H,7H2,(H,14,15)/t19-;/m1./s1. The molecule has 0 saturated carbocycles. The van der Waals surface area contributed by atoms with Crippen molar-refractivity contribution >= 4 is 50.2 Å². The number of hydrogen-bond acceptors (Lipinski definition) is 7. The van der Waals surface area contributed by atoms with Crippen LogP contribution < -0.4 is 15.5 Å². The van der Waals surface area contributed by atoms with E-state index in [4.69, 9.17) is 5.11 Å². The summed E-state index contributed by atoms with van der Waals surface area (Å²) in [6.07, 6.45) is 12.2. The average molecular weight is 725 g/mol. The van der Waals surface area contributed by atoms with Crippen LogP contribution in [0.2, 0.25) is 0 Å². The van der Waals surface area contributed by atoms with E-state index in [1.807, 2.05) is 73.1 Å². The summed E-state index contributed by atoms with van der Waals surface area (Å²) in [5.74, 6) is -1.15. The van der Waals surface area contributed by atoms with Gasteiger partial charge in [0.05, 0.1) is 57.8 Å². The van der Waals surface area contributed by atoms with Crippen molar-refractivity contribution in [2.75, 3.05) is 29.9 Å². The maximum atomic E-state index is 13.1. The molecule has 0 radical (unpaired) electrons. The Balaban J connectivity index is 0.000000232. The van der Waals surface area contributed by atoms with E-state index in [2.05, 4.69) is 58.6 Å². The summed E-state index contributed by atoms with van der Waals surface area (Å²) in [5.41, 5.74) is 5.48. The number of amides is 1. The summed E-state index contributed by atoms with van der Waals surface area (Å²) in [6, 6.07) is 20.3. The van der Waals surface area contributed by atoms with Gasteiger partial charge in [-0.25, -0.2) is 9.78 Å². The van der Waals surface area contributed by atoms with Crippen LogP contribution >= 0.6 is 15.9 Å². The largest absolute Gasteiger partial charge is 0.478 e. The van der Waals surface area contributed by atoms with Gasteiger partial charge in [-0.2, -0.15) is 10.2 Å². The number of carbonyl (C=O) groups excluding carboxylic acids is 1. The molecule has 5 heterocycles. The number of rotatable bonds is 10. The van der Waals surface area contributed by atoms with Gasteiger partial charge >= 0.3 is 5.97 Å². The van der Waals surface area contributed by atoms with Crippen molar-refractivity contribution < 1.29 is 14.7 Å². The van der Waals surface area contributed by atoms with Crippen molar-refractivity contribution in [1.82, 2.24) is 34.8 Å². The van der Waals surface area contributed by atoms with E-state index in [-0.39, 0.29) is 11.5 Å². The molecule has 252 valence electrons. The molecule has 49 heavy (non-hydrogen) atoms. The molecule has 12 nitrogen and oxygen atoms in total. The number of aromatic amines is 1. The van der Waals surface area contributed by atoms with Crippen LogP contribution in [0.25, 0.3) is 11.0 Å². The molecule has 7 rings (SSSR count). The minimum atomic E-state index is -0.950. The first-order valence-corrected chi connectivity index (χ1v) is 17.0. The number of anilines is 2. The molecule has 6 aromatic rings. The maximum absolute atomic E-state index is 13.1. The predicted molar refractivity (Wildman–Crippen MR) is 193 cm³/mol. The number of pyridine rings is 1. The fourth-order valence-corrected chi connectivity index (χ4v) is 6.51. The van der Waals surface area contributed by atoms with E-state index >= 15 is 0 Å². The van der Waals surface area contributed by atoms with Gasteiger partial charge in [0.15, 0.2) is 0 Å². The SMILES string of the molecule is CCN[C@@H]1CCCN(c2c(Br)cnc3[nH]cc(NC(=O)c4cnn(Cc5ccccc5)c4)c23)C1.O=C(O)c1cnn(Cc2ccccc2)c1. The van der Waals surface area contributed by atoms with Crippen molar-refractivity contribution in [2.24, 2.45) is 0 Å². The van der Waals surface area contributed by atoms with Gasteiger partial charge in [0.25, 0.3) is 5.91 Å². The number of nitrogens with one attached hydrogen (secondary N) is 3. The van der Waals surface area contributed by atoms with Gasteiger partial charge in [-0.15, -0.1) is 0 Å². The molecule has 4 aromatic heterocycles.